The molecule has 0 fully saturated rings. The summed E-state index contributed by atoms with van der Waals surface area (Å²) in [5.74, 6) is -0.219. The number of hydrogen-bond acceptors (Lipinski definition) is 2. The van der Waals surface area contributed by atoms with E-state index < -0.39 is 12.7 Å². The second-order valence-corrected chi connectivity index (χ2v) is 3.99. The summed E-state index contributed by atoms with van der Waals surface area (Å²) >= 11 is 0. The van der Waals surface area contributed by atoms with Crippen molar-refractivity contribution < 1.29 is 18.0 Å². The van der Waals surface area contributed by atoms with Crippen molar-refractivity contribution in [2.75, 3.05) is 20.1 Å². The summed E-state index contributed by atoms with van der Waals surface area (Å²) in [7, 11) is 1.29. The minimum atomic E-state index is -4.26. The Morgan fingerprint density at radius 3 is 2.35 bits per heavy atom. The zero-order valence-electron chi connectivity index (χ0n) is 9.50. The Bertz CT molecular complexity index is 362. The molecule has 17 heavy (non-hydrogen) atoms. The van der Waals surface area contributed by atoms with Gasteiger partial charge in [0.2, 0.25) is 0 Å². The number of alkyl halides is 3. The number of halogens is 3. The topological polar surface area (TPSA) is 20.3 Å². The molecule has 0 N–H and O–H groups in total. The quantitative estimate of drug-likeness (QED) is 0.793. The van der Waals surface area contributed by atoms with Gasteiger partial charge in [-0.05, 0) is 12.6 Å². The van der Waals surface area contributed by atoms with Crippen molar-refractivity contribution in [3.05, 3.63) is 35.9 Å². The van der Waals surface area contributed by atoms with Crippen molar-refractivity contribution >= 4 is 5.78 Å². The molecule has 0 aromatic heterocycles. The Labute approximate surface area is 98.0 Å². The third-order valence-electron chi connectivity index (χ3n) is 2.14. The van der Waals surface area contributed by atoms with Gasteiger partial charge in [-0.3, -0.25) is 9.69 Å². The summed E-state index contributed by atoms with van der Waals surface area (Å²) in [4.78, 5) is 12.5. The van der Waals surface area contributed by atoms with Crippen LogP contribution in [0.1, 0.15) is 5.56 Å². The number of ketones is 1. The maximum Gasteiger partial charge on any atom is 0.401 e. The lowest BCUT2D eigenvalue weighted by Gasteiger charge is -2.17. The first-order valence-corrected chi connectivity index (χ1v) is 5.18. The Balaban J connectivity index is 2.40. The lowest BCUT2D eigenvalue weighted by Crippen LogP contribution is -2.35. The van der Waals surface area contributed by atoms with Gasteiger partial charge < -0.3 is 0 Å². The summed E-state index contributed by atoms with van der Waals surface area (Å²) < 4.78 is 36.1. The molecule has 2 nitrogen and oxygen atoms in total. The van der Waals surface area contributed by atoms with Crippen LogP contribution in [-0.4, -0.2) is 37.0 Å². The fourth-order valence-electron chi connectivity index (χ4n) is 1.54. The highest BCUT2D eigenvalue weighted by Gasteiger charge is 2.29. The monoisotopic (exact) mass is 245 g/mol. The predicted molar refractivity (Wildman–Crippen MR) is 58.7 cm³/mol. The van der Waals surface area contributed by atoms with Gasteiger partial charge in [0.1, 0.15) is 0 Å². The highest BCUT2D eigenvalue weighted by molar-refractivity contribution is 5.82. The van der Waals surface area contributed by atoms with E-state index in [0.717, 1.165) is 10.5 Å². The van der Waals surface area contributed by atoms with Crippen molar-refractivity contribution in [3.8, 4) is 0 Å². The van der Waals surface area contributed by atoms with E-state index in [2.05, 4.69) is 0 Å². The van der Waals surface area contributed by atoms with Gasteiger partial charge in [0.05, 0.1) is 13.1 Å². The van der Waals surface area contributed by atoms with Gasteiger partial charge in [0, 0.05) is 6.42 Å². The fourth-order valence-corrected chi connectivity index (χ4v) is 1.54. The van der Waals surface area contributed by atoms with E-state index in [9.17, 15) is 18.0 Å². The molecule has 0 radical (unpaired) electrons. The Kier molecular flexibility index (Phi) is 4.69. The molecule has 0 heterocycles. The maximum atomic E-state index is 12.0. The van der Waals surface area contributed by atoms with Gasteiger partial charge in [-0.15, -0.1) is 0 Å². The van der Waals surface area contributed by atoms with E-state index >= 15 is 0 Å². The van der Waals surface area contributed by atoms with Crippen molar-refractivity contribution in [2.45, 2.75) is 12.6 Å². The zero-order chi connectivity index (χ0) is 12.9. The lowest BCUT2D eigenvalue weighted by molar-refractivity contribution is -0.145. The molecule has 0 atom stereocenters. The third-order valence-corrected chi connectivity index (χ3v) is 2.14. The molecule has 0 bridgehead atoms. The van der Waals surface area contributed by atoms with Crippen LogP contribution in [0.25, 0.3) is 0 Å². The van der Waals surface area contributed by atoms with Gasteiger partial charge in [-0.2, -0.15) is 13.2 Å². The smallest absolute Gasteiger partial charge is 0.298 e. The van der Waals surface area contributed by atoms with Crippen molar-refractivity contribution in [3.63, 3.8) is 0 Å². The average molecular weight is 245 g/mol. The van der Waals surface area contributed by atoms with E-state index in [4.69, 9.17) is 0 Å². The van der Waals surface area contributed by atoms with Gasteiger partial charge in [-0.1, -0.05) is 30.3 Å². The minimum absolute atomic E-state index is 0.170. The summed E-state index contributed by atoms with van der Waals surface area (Å²) in [6.45, 7) is -1.25. The van der Waals surface area contributed by atoms with Crippen LogP contribution >= 0.6 is 0 Å². The predicted octanol–water partition coefficient (Wildman–Crippen LogP) is 2.29. The highest BCUT2D eigenvalue weighted by atomic mass is 19.4. The molecule has 0 amide bonds. The van der Waals surface area contributed by atoms with Crippen LogP contribution in [-0.2, 0) is 11.2 Å². The van der Waals surface area contributed by atoms with E-state index in [-0.39, 0.29) is 18.7 Å². The maximum absolute atomic E-state index is 12.0. The Morgan fingerprint density at radius 1 is 1.24 bits per heavy atom. The Hall–Kier alpha value is -1.36. The van der Waals surface area contributed by atoms with E-state index in [0.29, 0.717) is 0 Å². The molecule has 0 saturated heterocycles. The molecule has 94 valence electrons. The van der Waals surface area contributed by atoms with Gasteiger partial charge >= 0.3 is 6.18 Å². The van der Waals surface area contributed by atoms with Crippen molar-refractivity contribution in [1.29, 1.82) is 0 Å². The molecule has 0 spiro atoms. The molecule has 0 aliphatic heterocycles. The third kappa shape index (κ3) is 6.06. The second-order valence-electron chi connectivity index (χ2n) is 3.99. The molecule has 1 aromatic rings. The summed E-state index contributed by atoms with van der Waals surface area (Å²) in [6.07, 6.45) is -4.09. The molecule has 0 unspecified atom stereocenters. The number of carbonyl (C=O) groups is 1. The molecular weight excluding hydrogens is 231 g/mol. The SMILES string of the molecule is CN(CC(=O)Cc1ccccc1)CC(F)(F)F. The molecule has 0 aliphatic carbocycles. The summed E-state index contributed by atoms with van der Waals surface area (Å²) in [5.41, 5.74) is 0.818. The largest absolute Gasteiger partial charge is 0.401 e. The van der Waals surface area contributed by atoms with Crippen LogP contribution in [0.4, 0.5) is 13.2 Å². The van der Waals surface area contributed by atoms with Crippen LogP contribution in [0.5, 0.6) is 0 Å². The number of benzene rings is 1. The van der Waals surface area contributed by atoms with E-state index in [1.54, 1.807) is 24.3 Å². The van der Waals surface area contributed by atoms with Gasteiger partial charge in [0.15, 0.2) is 5.78 Å². The Morgan fingerprint density at radius 2 is 1.82 bits per heavy atom. The molecule has 0 aliphatic rings. The van der Waals surface area contributed by atoms with E-state index in [1.165, 1.54) is 7.05 Å². The summed E-state index contributed by atoms with van der Waals surface area (Å²) in [6, 6.07) is 8.97. The number of hydrogen-bond donors (Lipinski definition) is 0. The van der Waals surface area contributed by atoms with Crippen LogP contribution in [0.2, 0.25) is 0 Å². The normalized spacial score (nSPS) is 11.8. The van der Waals surface area contributed by atoms with Crippen molar-refractivity contribution in [2.24, 2.45) is 0 Å². The number of likely N-dealkylation sites (N-methyl/N-ethyl adjacent to an activating group) is 1. The first-order valence-electron chi connectivity index (χ1n) is 5.18. The molecule has 1 rings (SSSR count). The molecule has 5 heteroatoms. The molecular formula is C12H14F3NO. The first kappa shape index (κ1) is 13.7. The first-order chi connectivity index (χ1) is 7.87. The standard InChI is InChI=1S/C12H14F3NO/c1-16(9-12(13,14)15)8-11(17)7-10-5-3-2-4-6-10/h2-6H,7-9H2,1H3. The van der Waals surface area contributed by atoms with Gasteiger partial charge in [-0.25, -0.2) is 0 Å². The van der Waals surface area contributed by atoms with Gasteiger partial charge in [0.25, 0.3) is 0 Å². The number of rotatable bonds is 5. The lowest BCUT2D eigenvalue weighted by atomic mass is 10.1. The second kappa shape index (κ2) is 5.82. The van der Waals surface area contributed by atoms with Crippen LogP contribution in [0.15, 0.2) is 30.3 Å². The minimum Gasteiger partial charge on any atom is -0.298 e. The average Bonchev–Trinajstić information content (AvgIpc) is 2.15. The van der Waals surface area contributed by atoms with Crippen LogP contribution in [0.3, 0.4) is 0 Å². The highest BCUT2D eigenvalue weighted by Crippen LogP contribution is 2.15. The number of Topliss-reactive ketones (excluding diaryl/α,β-unsaturated/α-hetero) is 1. The van der Waals surface area contributed by atoms with Crippen molar-refractivity contribution in [1.82, 2.24) is 4.90 Å². The number of nitrogens with zero attached hydrogens (tertiary/aromatic N) is 1. The van der Waals surface area contributed by atoms with Crippen LogP contribution < -0.4 is 0 Å². The van der Waals surface area contributed by atoms with Crippen LogP contribution in [0, 0.1) is 0 Å². The zero-order valence-corrected chi connectivity index (χ0v) is 9.50. The molecule has 0 saturated carbocycles. The summed E-state index contributed by atoms with van der Waals surface area (Å²) in [5, 5.41) is 0. The molecule has 1 aromatic carbocycles. The number of carbonyl (C=O) groups excluding carboxylic acids is 1. The fraction of sp³-hybridized carbons (Fsp3) is 0.417. The van der Waals surface area contributed by atoms with E-state index in [1.807, 2.05) is 6.07 Å².